The number of nitrogens with zero attached hydrogens (tertiary/aromatic N) is 1. The average molecular weight is 252 g/mol. The number of esters is 1. The molecule has 3 aliphatic heterocycles. The summed E-state index contributed by atoms with van der Waals surface area (Å²) >= 11 is 0. The number of methoxy groups -OCH3 is 1. The zero-order valence-corrected chi connectivity index (χ0v) is 11.3. The van der Waals surface area contributed by atoms with Crippen LogP contribution >= 0.6 is 0 Å². The van der Waals surface area contributed by atoms with Gasteiger partial charge < -0.3 is 9.64 Å². The molecular formula is C14H24N2O2. The van der Waals surface area contributed by atoms with Crippen LogP contribution in [0.5, 0.6) is 0 Å². The van der Waals surface area contributed by atoms with Gasteiger partial charge in [-0.2, -0.15) is 0 Å². The van der Waals surface area contributed by atoms with Crippen LogP contribution in [0.25, 0.3) is 0 Å². The SMILES string of the molecule is COC(=O)C1(NC2CCCC2)CN2CCC1CC2. The molecule has 0 radical (unpaired) electrons. The van der Waals surface area contributed by atoms with E-state index >= 15 is 0 Å². The monoisotopic (exact) mass is 252 g/mol. The second-order valence-electron chi connectivity index (χ2n) is 6.14. The van der Waals surface area contributed by atoms with E-state index < -0.39 is 5.54 Å². The van der Waals surface area contributed by atoms with Gasteiger partial charge in [-0.15, -0.1) is 0 Å². The van der Waals surface area contributed by atoms with Crippen molar-refractivity contribution in [1.82, 2.24) is 10.2 Å². The van der Waals surface area contributed by atoms with Gasteiger partial charge in [0.2, 0.25) is 0 Å². The van der Waals surface area contributed by atoms with E-state index in [0.29, 0.717) is 12.0 Å². The summed E-state index contributed by atoms with van der Waals surface area (Å²) in [5.74, 6) is 0.430. The quantitative estimate of drug-likeness (QED) is 0.765. The molecule has 1 atom stereocenters. The Morgan fingerprint density at radius 2 is 1.89 bits per heavy atom. The number of piperidine rings is 3. The van der Waals surface area contributed by atoms with Gasteiger partial charge in [-0.25, -0.2) is 4.79 Å². The summed E-state index contributed by atoms with van der Waals surface area (Å²) < 4.78 is 5.13. The predicted molar refractivity (Wildman–Crippen MR) is 69.3 cm³/mol. The third-order valence-corrected chi connectivity index (χ3v) is 5.12. The van der Waals surface area contributed by atoms with Gasteiger partial charge in [0.25, 0.3) is 0 Å². The van der Waals surface area contributed by atoms with Gasteiger partial charge in [-0.05, 0) is 44.7 Å². The minimum absolute atomic E-state index is 0.0381. The summed E-state index contributed by atoms with van der Waals surface area (Å²) in [5.41, 5.74) is -0.416. The predicted octanol–water partition coefficient (Wildman–Crippen LogP) is 1.16. The molecule has 0 spiro atoms. The summed E-state index contributed by atoms with van der Waals surface area (Å²) in [6.07, 6.45) is 7.28. The van der Waals surface area contributed by atoms with Crippen molar-refractivity contribution in [2.75, 3.05) is 26.7 Å². The molecule has 1 aliphatic carbocycles. The Bertz CT molecular complexity index is 320. The number of fused-ring (bicyclic) bond motifs is 3. The summed E-state index contributed by atoms with van der Waals surface area (Å²) in [7, 11) is 1.53. The zero-order chi connectivity index (χ0) is 12.6. The highest BCUT2D eigenvalue weighted by atomic mass is 16.5. The second-order valence-corrected chi connectivity index (χ2v) is 6.14. The lowest BCUT2D eigenvalue weighted by atomic mass is 9.72. The standard InChI is InChI=1S/C14H24N2O2/c1-18-13(17)14(15-12-4-2-3-5-12)10-16-8-6-11(14)7-9-16/h11-12,15H,2-10H2,1H3. The number of carbonyl (C=O) groups is 1. The number of nitrogens with one attached hydrogen (secondary N) is 1. The summed E-state index contributed by atoms with van der Waals surface area (Å²) in [6, 6.07) is 0.518. The summed E-state index contributed by atoms with van der Waals surface area (Å²) in [4.78, 5) is 14.8. The van der Waals surface area contributed by atoms with Gasteiger partial charge in [-0.3, -0.25) is 5.32 Å². The molecule has 1 unspecified atom stereocenters. The first-order valence-corrected chi connectivity index (χ1v) is 7.33. The molecule has 0 aromatic heterocycles. The minimum Gasteiger partial charge on any atom is -0.468 e. The van der Waals surface area contributed by atoms with Crippen LogP contribution in [0.15, 0.2) is 0 Å². The molecule has 2 bridgehead atoms. The zero-order valence-electron chi connectivity index (χ0n) is 11.3. The molecule has 0 aromatic carbocycles. The fourth-order valence-electron chi connectivity index (χ4n) is 4.14. The Morgan fingerprint density at radius 3 is 2.39 bits per heavy atom. The molecule has 1 N–H and O–H groups in total. The van der Waals surface area contributed by atoms with Crippen LogP contribution in [0.4, 0.5) is 0 Å². The van der Waals surface area contributed by atoms with E-state index in [4.69, 9.17) is 4.74 Å². The van der Waals surface area contributed by atoms with E-state index in [9.17, 15) is 4.79 Å². The first-order chi connectivity index (χ1) is 8.74. The van der Waals surface area contributed by atoms with E-state index in [1.807, 2.05) is 0 Å². The fraction of sp³-hybridized carbons (Fsp3) is 0.929. The lowest BCUT2D eigenvalue weighted by Crippen LogP contribution is -2.71. The molecule has 0 aromatic rings. The highest BCUT2D eigenvalue weighted by Crippen LogP contribution is 2.38. The Morgan fingerprint density at radius 1 is 1.22 bits per heavy atom. The molecule has 3 saturated heterocycles. The van der Waals surface area contributed by atoms with Crippen LogP contribution in [0.2, 0.25) is 0 Å². The maximum absolute atomic E-state index is 12.4. The van der Waals surface area contributed by atoms with Gasteiger partial charge in [0.15, 0.2) is 0 Å². The first-order valence-electron chi connectivity index (χ1n) is 7.33. The lowest BCUT2D eigenvalue weighted by molar-refractivity contribution is -0.158. The third-order valence-electron chi connectivity index (χ3n) is 5.12. The molecule has 0 amide bonds. The van der Waals surface area contributed by atoms with E-state index in [1.54, 1.807) is 0 Å². The number of carbonyl (C=O) groups excluding carboxylic acids is 1. The Labute approximate surface area is 109 Å². The molecule has 4 aliphatic rings. The van der Waals surface area contributed by atoms with Gasteiger partial charge >= 0.3 is 5.97 Å². The third kappa shape index (κ3) is 1.95. The second kappa shape index (κ2) is 4.82. The van der Waals surface area contributed by atoms with Crippen molar-refractivity contribution >= 4 is 5.97 Å². The molecular weight excluding hydrogens is 228 g/mol. The van der Waals surface area contributed by atoms with Crippen molar-refractivity contribution in [3.8, 4) is 0 Å². The van der Waals surface area contributed by atoms with Gasteiger partial charge in [0.1, 0.15) is 5.54 Å². The molecule has 102 valence electrons. The number of ether oxygens (including phenoxy) is 1. The largest absolute Gasteiger partial charge is 0.468 e. The van der Waals surface area contributed by atoms with Crippen LogP contribution in [0.1, 0.15) is 38.5 Å². The van der Waals surface area contributed by atoms with Gasteiger partial charge in [-0.1, -0.05) is 12.8 Å². The summed E-state index contributed by atoms with van der Waals surface area (Å²) in [6.45, 7) is 3.15. The average Bonchev–Trinajstić information content (AvgIpc) is 2.91. The van der Waals surface area contributed by atoms with E-state index in [-0.39, 0.29) is 5.97 Å². The number of rotatable bonds is 3. The maximum atomic E-state index is 12.4. The van der Waals surface area contributed by atoms with Crippen molar-refractivity contribution in [3.05, 3.63) is 0 Å². The first kappa shape index (κ1) is 12.4. The van der Waals surface area contributed by atoms with Crippen molar-refractivity contribution in [2.45, 2.75) is 50.1 Å². The van der Waals surface area contributed by atoms with Crippen LogP contribution in [-0.2, 0) is 9.53 Å². The highest BCUT2D eigenvalue weighted by Gasteiger charge is 2.53. The summed E-state index contributed by atoms with van der Waals surface area (Å²) in [5, 5.41) is 3.70. The molecule has 1 saturated carbocycles. The van der Waals surface area contributed by atoms with E-state index in [1.165, 1.54) is 32.8 Å². The smallest absolute Gasteiger partial charge is 0.327 e. The Balaban J connectivity index is 1.81. The van der Waals surface area contributed by atoms with Gasteiger partial charge in [0, 0.05) is 12.6 Å². The van der Waals surface area contributed by atoms with Crippen LogP contribution < -0.4 is 5.32 Å². The Kier molecular flexibility index (Phi) is 3.32. The van der Waals surface area contributed by atoms with Crippen LogP contribution in [0, 0.1) is 5.92 Å². The minimum atomic E-state index is -0.416. The number of hydrogen-bond donors (Lipinski definition) is 1. The van der Waals surface area contributed by atoms with Crippen molar-refractivity contribution < 1.29 is 9.53 Å². The van der Waals surface area contributed by atoms with E-state index in [2.05, 4.69) is 10.2 Å². The van der Waals surface area contributed by atoms with E-state index in [0.717, 1.165) is 32.5 Å². The lowest BCUT2D eigenvalue weighted by Gasteiger charge is -2.52. The fourth-order valence-corrected chi connectivity index (χ4v) is 4.14. The molecule has 4 nitrogen and oxygen atoms in total. The van der Waals surface area contributed by atoms with Crippen molar-refractivity contribution in [2.24, 2.45) is 5.92 Å². The number of hydrogen-bond acceptors (Lipinski definition) is 4. The normalized spacial score (nSPS) is 40.1. The van der Waals surface area contributed by atoms with Crippen molar-refractivity contribution in [1.29, 1.82) is 0 Å². The Hall–Kier alpha value is -0.610. The molecule has 4 rings (SSSR count). The molecule has 4 fully saturated rings. The van der Waals surface area contributed by atoms with Gasteiger partial charge in [0.05, 0.1) is 7.11 Å². The van der Waals surface area contributed by atoms with Crippen LogP contribution in [-0.4, -0.2) is 49.2 Å². The van der Waals surface area contributed by atoms with Crippen LogP contribution in [0.3, 0.4) is 0 Å². The highest BCUT2D eigenvalue weighted by molar-refractivity contribution is 5.82. The topological polar surface area (TPSA) is 41.6 Å². The molecule has 4 heteroatoms. The molecule has 18 heavy (non-hydrogen) atoms. The maximum Gasteiger partial charge on any atom is 0.327 e. The molecule has 3 heterocycles. The van der Waals surface area contributed by atoms with Crippen molar-refractivity contribution in [3.63, 3.8) is 0 Å².